The Balaban J connectivity index is 2.00. The van der Waals surface area contributed by atoms with Crippen LogP contribution >= 0.6 is 0 Å². The van der Waals surface area contributed by atoms with Crippen molar-refractivity contribution in [3.8, 4) is 11.4 Å². The minimum Gasteiger partial charge on any atom is -0.369 e. The molecule has 4 N–H and O–H groups in total. The molecule has 0 amide bonds. The number of fused-ring (bicyclic) bond motifs is 1. The maximum absolute atomic E-state index is 5.54. The second-order valence-corrected chi connectivity index (χ2v) is 5.68. The van der Waals surface area contributed by atoms with Crippen molar-refractivity contribution in [2.45, 2.75) is 6.92 Å². The molecule has 0 aliphatic rings. The quantitative estimate of drug-likeness (QED) is 0.450. The van der Waals surface area contributed by atoms with Crippen LogP contribution in [0.3, 0.4) is 0 Å². The average Bonchev–Trinajstić information content (AvgIpc) is 3.10. The van der Waals surface area contributed by atoms with Gasteiger partial charge in [0.1, 0.15) is 11.5 Å². The first-order valence-electron chi connectivity index (χ1n) is 8.28. The number of anilines is 1. The third-order valence-electron chi connectivity index (χ3n) is 3.83. The Morgan fingerprint density at radius 3 is 3.12 bits per heavy atom. The number of aliphatic imine (C=N–C) groups is 1. The molecule has 3 rings (SSSR count). The molecular formula is C19H21N7. The average molecular weight is 347 g/mol. The number of hydrogen-bond donors (Lipinski definition) is 3. The molecular weight excluding hydrogens is 326 g/mol. The van der Waals surface area contributed by atoms with Crippen molar-refractivity contribution in [1.82, 2.24) is 20.2 Å². The fraction of sp³-hybridized carbons (Fsp3) is 0.158. The summed E-state index contributed by atoms with van der Waals surface area (Å²) in [5, 5.41) is 11.6. The lowest BCUT2D eigenvalue weighted by atomic mass is 10.1. The van der Waals surface area contributed by atoms with Crippen LogP contribution in [0.4, 0.5) is 5.82 Å². The predicted octanol–water partition coefficient (Wildman–Crippen LogP) is 3.01. The summed E-state index contributed by atoms with van der Waals surface area (Å²) >= 11 is 0. The van der Waals surface area contributed by atoms with Crippen LogP contribution in [0, 0.1) is 0 Å². The van der Waals surface area contributed by atoms with Gasteiger partial charge in [-0.2, -0.15) is 5.10 Å². The van der Waals surface area contributed by atoms with Crippen LogP contribution in [0.15, 0.2) is 53.8 Å². The van der Waals surface area contributed by atoms with Crippen LogP contribution in [-0.4, -0.2) is 40.0 Å². The Morgan fingerprint density at radius 1 is 1.42 bits per heavy atom. The maximum atomic E-state index is 5.54. The highest BCUT2D eigenvalue weighted by Gasteiger charge is 2.12. The van der Waals surface area contributed by atoms with E-state index in [9.17, 15) is 0 Å². The Morgan fingerprint density at radius 2 is 2.31 bits per heavy atom. The van der Waals surface area contributed by atoms with Crippen LogP contribution < -0.4 is 11.1 Å². The predicted molar refractivity (Wildman–Crippen MR) is 107 cm³/mol. The van der Waals surface area contributed by atoms with Crippen molar-refractivity contribution in [2.75, 3.05) is 18.4 Å². The summed E-state index contributed by atoms with van der Waals surface area (Å²) in [6, 6.07) is 7.80. The normalized spacial score (nSPS) is 12.0. The van der Waals surface area contributed by atoms with Gasteiger partial charge in [-0.25, -0.2) is 4.98 Å². The standard InChI is InChI=1S/C19H21N7/c1-13(5-4-9-21-2)16-11-14-17(12-23-16)25-26-19(14)15-6-3-7-18(24-15)22-10-8-20/h3-7,9,11-12H,2,8,10,20H2,1H3,(H,22,24)(H,25,26)/b9-4-,13-5+. The van der Waals surface area contributed by atoms with Crippen LogP contribution in [0.1, 0.15) is 12.6 Å². The molecule has 3 heterocycles. The number of allylic oxidation sites excluding steroid dienone is 3. The molecule has 0 aromatic carbocycles. The van der Waals surface area contributed by atoms with Gasteiger partial charge >= 0.3 is 0 Å². The minimum atomic E-state index is 0.549. The van der Waals surface area contributed by atoms with Crippen molar-refractivity contribution < 1.29 is 0 Å². The van der Waals surface area contributed by atoms with E-state index in [1.165, 1.54) is 0 Å². The highest BCUT2D eigenvalue weighted by Crippen LogP contribution is 2.27. The van der Waals surface area contributed by atoms with Gasteiger partial charge in [-0.1, -0.05) is 12.1 Å². The van der Waals surface area contributed by atoms with E-state index in [0.29, 0.717) is 13.1 Å². The monoisotopic (exact) mass is 347 g/mol. The van der Waals surface area contributed by atoms with Gasteiger partial charge in [-0.15, -0.1) is 0 Å². The summed E-state index contributed by atoms with van der Waals surface area (Å²) in [4.78, 5) is 12.8. The van der Waals surface area contributed by atoms with E-state index in [1.54, 1.807) is 12.4 Å². The molecule has 0 radical (unpaired) electrons. The van der Waals surface area contributed by atoms with Crippen molar-refractivity contribution >= 4 is 29.0 Å². The number of rotatable bonds is 7. The lowest BCUT2D eigenvalue weighted by molar-refractivity contribution is 1.01. The van der Waals surface area contributed by atoms with Gasteiger partial charge in [0.15, 0.2) is 0 Å². The van der Waals surface area contributed by atoms with E-state index >= 15 is 0 Å². The van der Waals surface area contributed by atoms with E-state index in [4.69, 9.17) is 5.73 Å². The fourth-order valence-corrected chi connectivity index (χ4v) is 2.53. The molecule has 0 saturated carbocycles. The molecule has 0 aliphatic carbocycles. The first-order chi connectivity index (χ1) is 12.7. The van der Waals surface area contributed by atoms with E-state index in [0.717, 1.165) is 39.4 Å². The van der Waals surface area contributed by atoms with Gasteiger partial charge in [0.25, 0.3) is 0 Å². The van der Waals surface area contributed by atoms with E-state index < -0.39 is 0 Å². The van der Waals surface area contributed by atoms with Crippen molar-refractivity contribution in [3.63, 3.8) is 0 Å². The molecule has 0 saturated heterocycles. The lowest BCUT2D eigenvalue weighted by Crippen LogP contribution is -2.13. The van der Waals surface area contributed by atoms with Crippen LogP contribution in [-0.2, 0) is 0 Å². The van der Waals surface area contributed by atoms with Gasteiger partial charge in [0.2, 0.25) is 0 Å². The summed E-state index contributed by atoms with van der Waals surface area (Å²) in [5.74, 6) is 0.775. The van der Waals surface area contributed by atoms with Gasteiger partial charge in [0.05, 0.1) is 23.1 Å². The van der Waals surface area contributed by atoms with E-state index in [1.807, 2.05) is 43.3 Å². The highest BCUT2D eigenvalue weighted by molar-refractivity contribution is 5.93. The number of aromatic nitrogens is 4. The third-order valence-corrected chi connectivity index (χ3v) is 3.83. The zero-order chi connectivity index (χ0) is 18.4. The summed E-state index contributed by atoms with van der Waals surface area (Å²) in [5.41, 5.74) is 9.86. The van der Waals surface area contributed by atoms with Gasteiger partial charge in [0, 0.05) is 24.7 Å². The second-order valence-electron chi connectivity index (χ2n) is 5.68. The molecule has 3 aromatic rings. The largest absolute Gasteiger partial charge is 0.369 e. The van der Waals surface area contributed by atoms with Gasteiger partial charge < -0.3 is 11.1 Å². The summed E-state index contributed by atoms with van der Waals surface area (Å²) in [6.07, 6.45) is 7.19. The Labute approximate surface area is 151 Å². The van der Waals surface area contributed by atoms with Crippen molar-refractivity contribution in [1.29, 1.82) is 0 Å². The number of pyridine rings is 2. The summed E-state index contributed by atoms with van der Waals surface area (Å²) in [7, 11) is 0. The number of hydrogen-bond acceptors (Lipinski definition) is 6. The smallest absolute Gasteiger partial charge is 0.126 e. The van der Waals surface area contributed by atoms with Crippen molar-refractivity contribution in [2.24, 2.45) is 10.7 Å². The topological polar surface area (TPSA) is 105 Å². The molecule has 0 bridgehead atoms. The molecule has 0 atom stereocenters. The van der Waals surface area contributed by atoms with E-state index in [-0.39, 0.29) is 0 Å². The van der Waals surface area contributed by atoms with Crippen LogP contribution in [0.25, 0.3) is 27.9 Å². The van der Waals surface area contributed by atoms with Crippen molar-refractivity contribution in [3.05, 3.63) is 54.5 Å². The molecule has 0 spiro atoms. The molecule has 132 valence electrons. The highest BCUT2D eigenvalue weighted by atomic mass is 15.1. The second kappa shape index (κ2) is 8.17. The van der Waals surface area contributed by atoms with Crippen LogP contribution in [0.2, 0.25) is 0 Å². The molecule has 7 heteroatoms. The Kier molecular flexibility index (Phi) is 5.50. The van der Waals surface area contributed by atoms with Gasteiger partial charge in [-0.05, 0) is 43.5 Å². The molecule has 0 fully saturated rings. The van der Waals surface area contributed by atoms with Crippen LogP contribution in [0.5, 0.6) is 0 Å². The number of nitrogens with two attached hydrogens (primary N) is 1. The zero-order valence-corrected chi connectivity index (χ0v) is 14.6. The SMILES string of the molecule is C=N/C=C\C=C(/C)c1cc2c(-c3cccc(NCCN)n3)n[nH]c2cn1. The number of aromatic amines is 1. The number of nitrogens with zero attached hydrogens (tertiary/aromatic N) is 4. The zero-order valence-electron chi connectivity index (χ0n) is 14.6. The first kappa shape index (κ1) is 17.5. The molecule has 3 aromatic heterocycles. The summed E-state index contributed by atoms with van der Waals surface area (Å²) < 4.78 is 0. The Bertz CT molecular complexity index is 969. The number of H-pyrrole nitrogens is 1. The molecule has 0 unspecified atom stereocenters. The molecule has 7 nitrogen and oxygen atoms in total. The molecule has 0 aliphatic heterocycles. The third kappa shape index (κ3) is 3.84. The lowest BCUT2D eigenvalue weighted by Gasteiger charge is -2.05. The van der Waals surface area contributed by atoms with Gasteiger partial charge in [-0.3, -0.25) is 15.1 Å². The first-order valence-corrected chi connectivity index (χ1v) is 8.28. The molecule has 26 heavy (non-hydrogen) atoms. The number of nitrogens with one attached hydrogen (secondary N) is 2. The fourth-order valence-electron chi connectivity index (χ4n) is 2.53. The maximum Gasteiger partial charge on any atom is 0.126 e. The summed E-state index contributed by atoms with van der Waals surface area (Å²) in [6.45, 7) is 6.64. The minimum absolute atomic E-state index is 0.549. The van der Waals surface area contributed by atoms with E-state index in [2.05, 4.69) is 37.2 Å². The Hall–Kier alpha value is -3.32.